The molecule has 0 radical (unpaired) electrons. The fourth-order valence-corrected chi connectivity index (χ4v) is 6.42. The van der Waals surface area contributed by atoms with E-state index < -0.39 is 0 Å². The molecular weight excluding hydrogens is 452 g/mol. The van der Waals surface area contributed by atoms with Gasteiger partial charge in [0.1, 0.15) is 0 Å². The van der Waals surface area contributed by atoms with E-state index in [1.165, 1.54) is 59.1 Å². The van der Waals surface area contributed by atoms with Crippen molar-refractivity contribution in [2.24, 2.45) is 11.8 Å². The third kappa shape index (κ3) is 4.84. The summed E-state index contributed by atoms with van der Waals surface area (Å²) in [5.41, 5.74) is 13.6. The Balaban J connectivity index is 1.62. The van der Waals surface area contributed by atoms with Gasteiger partial charge in [-0.1, -0.05) is 0 Å². The van der Waals surface area contributed by atoms with Gasteiger partial charge in [-0.25, -0.2) is 0 Å². The second-order valence-electron chi connectivity index (χ2n) is 10.6. The molecule has 2 aliphatic carbocycles. The Morgan fingerprint density at radius 3 is 2.48 bits per heavy atom. The fourth-order valence-electron chi connectivity index (χ4n) is 5.34. The van der Waals surface area contributed by atoms with Crippen LogP contribution in [-0.4, -0.2) is 0 Å². The van der Waals surface area contributed by atoms with Crippen LogP contribution in [-0.2, 0) is 30.1 Å². The molecule has 159 valence electrons. The second kappa shape index (κ2) is 9.21. The molecule has 3 unspecified atom stereocenters. The van der Waals surface area contributed by atoms with Crippen LogP contribution in [0.15, 0.2) is 65.9 Å². The van der Waals surface area contributed by atoms with Gasteiger partial charge in [-0.05, 0) is 0 Å². The van der Waals surface area contributed by atoms with Crippen LogP contribution in [0.4, 0.5) is 0 Å². The Morgan fingerprint density at radius 1 is 1.10 bits per heavy atom. The van der Waals surface area contributed by atoms with Gasteiger partial charge in [-0.15, -0.1) is 0 Å². The minimum absolute atomic E-state index is 0.187. The van der Waals surface area contributed by atoms with E-state index in [0.29, 0.717) is 9.54 Å². The van der Waals surface area contributed by atoms with E-state index in [2.05, 4.69) is 88.5 Å². The van der Waals surface area contributed by atoms with Crippen molar-refractivity contribution in [2.75, 3.05) is 0 Å². The summed E-state index contributed by atoms with van der Waals surface area (Å²) in [6.45, 7) is 13.3. The van der Waals surface area contributed by atoms with Gasteiger partial charge < -0.3 is 0 Å². The molecule has 0 aromatic heterocycles. The first-order valence-electron chi connectivity index (χ1n) is 11.8. The molecule has 0 heterocycles. The molecule has 2 aromatic rings. The summed E-state index contributed by atoms with van der Waals surface area (Å²) in [6, 6.07) is 16.1. The first kappa shape index (κ1) is 22.8. The number of hydrogen-bond acceptors (Lipinski definition) is 0. The van der Waals surface area contributed by atoms with E-state index in [4.69, 9.17) is 0 Å². The zero-order chi connectivity index (χ0) is 22.2. The monoisotopic (exact) mass is 485 g/mol. The molecule has 0 nitrogen and oxygen atoms in total. The average molecular weight is 487 g/mol. The molecule has 31 heavy (non-hydrogen) atoms. The molecule has 2 aliphatic rings. The van der Waals surface area contributed by atoms with E-state index in [0.717, 1.165) is 12.3 Å². The first-order valence-corrected chi connectivity index (χ1v) is 13.2. The predicted octanol–water partition coefficient (Wildman–Crippen LogP) is 8.56. The molecule has 1 fully saturated rings. The number of allylic oxidation sites excluding steroid dienone is 2. The summed E-state index contributed by atoms with van der Waals surface area (Å²) in [5.74, 6) is 1.52. The number of hydrogen-bond donors (Lipinski definition) is 0. The molecule has 0 aliphatic heterocycles. The third-order valence-electron chi connectivity index (χ3n) is 7.26. The summed E-state index contributed by atoms with van der Waals surface area (Å²) in [5, 5.41) is 0. The molecule has 0 saturated heterocycles. The second-order valence-corrected chi connectivity index (χ2v) is 12.1. The van der Waals surface area contributed by atoms with Crippen molar-refractivity contribution < 1.29 is 24.7 Å². The van der Waals surface area contributed by atoms with Gasteiger partial charge in [-0.2, -0.15) is 0 Å². The molecule has 3 atom stereocenters. The molecule has 0 spiro atoms. The molecule has 2 aromatic carbocycles. The van der Waals surface area contributed by atoms with Crippen molar-refractivity contribution in [1.29, 1.82) is 0 Å². The zero-order valence-electron chi connectivity index (χ0n) is 19.6. The number of benzene rings is 2. The van der Waals surface area contributed by atoms with Gasteiger partial charge >= 0.3 is 205 Å². The van der Waals surface area contributed by atoms with E-state index in [1.54, 1.807) is 30.3 Å². The molecular formula is C30H35Zr. The topological polar surface area (TPSA) is 0 Å². The predicted molar refractivity (Wildman–Crippen MR) is 130 cm³/mol. The van der Waals surface area contributed by atoms with Crippen molar-refractivity contribution in [3.63, 3.8) is 0 Å². The van der Waals surface area contributed by atoms with Crippen molar-refractivity contribution in [3.8, 4) is 11.1 Å². The van der Waals surface area contributed by atoms with Crippen LogP contribution >= 0.6 is 0 Å². The Labute approximate surface area is 204 Å². The fraction of sp³-hybridized carbons (Fsp3) is 0.433. The molecule has 1 heteroatoms. The molecule has 1 saturated carbocycles. The van der Waals surface area contributed by atoms with Crippen LogP contribution < -0.4 is 0 Å². The molecule has 4 rings (SSSR count). The van der Waals surface area contributed by atoms with Gasteiger partial charge in [-0.3, -0.25) is 0 Å². The van der Waals surface area contributed by atoms with Crippen molar-refractivity contribution >= 4 is 6.08 Å². The summed E-state index contributed by atoms with van der Waals surface area (Å²) in [6.07, 6.45) is 8.90. The van der Waals surface area contributed by atoms with Crippen LogP contribution in [0.2, 0.25) is 0 Å². The van der Waals surface area contributed by atoms with Gasteiger partial charge in [0.15, 0.2) is 0 Å². The Kier molecular flexibility index (Phi) is 6.77. The SMILES string of the molecule is C=C=C(CC1=Cc2c(-c3ccc(C(C)(C)C)cc3)cccc2[CH]1[Zr])C1CCCC(C)C1. The summed E-state index contributed by atoms with van der Waals surface area (Å²) < 4.78 is 0.556. The number of rotatable bonds is 4. The maximum absolute atomic E-state index is 4.09. The van der Waals surface area contributed by atoms with Gasteiger partial charge in [0.05, 0.1) is 0 Å². The van der Waals surface area contributed by atoms with Crippen molar-refractivity contribution in [1.82, 2.24) is 0 Å². The van der Waals surface area contributed by atoms with E-state index in [-0.39, 0.29) is 5.41 Å². The average Bonchev–Trinajstić information content (AvgIpc) is 3.07. The van der Waals surface area contributed by atoms with E-state index >= 15 is 0 Å². The standard InChI is InChI=1S/C30H35.Zr/c1-6-23(25-10-7-9-21(2)17-25)18-22-19-26-11-8-12-28(29(26)20-22)24-13-15-27(16-14-24)30(3,4)5;/h8,11-16,19-21,25H,1,7,9-10,17-18H2,2-5H3;. The Morgan fingerprint density at radius 2 is 1.84 bits per heavy atom. The summed E-state index contributed by atoms with van der Waals surface area (Å²) >= 11 is 1.58. The maximum atomic E-state index is 4.09. The normalized spacial score (nSPS) is 23.1. The zero-order valence-corrected chi connectivity index (χ0v) is 22.1. The quantitative estimate of drug-likeness (QED) is 0.380. The third-order valence-corrected chi connectivity index (χ3v) is 8.94. The Bertz CT molecular complexity index is 1030. The van der Waals surface area contributed by atoms with Gasteiger partial charge in [0.2, 0.25) is 0 Å². The van der Waals surface area contributed by atoms with Crippen LogP contribution in [0.1, 0.15) is 80.1 Å². The number of fused-ring (bicyclic) bond motifs is 1. The van der Waals surface area contributed by atoms with Gasteiger partial charge in [0, 0.05) is 0 Å². The Hall–Kier alpha value is -1.42. The van der Waals surface area contributed by atoms with Crippen LogP contribution in [0.5, 0.6) is 0 Å². The minimum atomic E-state index is 0.187. The van der Waals surface area contributed by atoms with Crippen LogP contribution in [0, 0.1) is 11.8 Å². The van der Waals surface area contributed by atoms with Crippen molar-refractivity contribution in [2.45, 2.75) is 68.8 Å². The van der Waals surface area contributed by atoms with Crippen LogP contribution in [0.25, 0.3) is 17.2 Å². The summed E-state index contributed by atoms with van der Waals surface area (Å²) in [7, 11) is 0. The van der Waals surface area contributed by atoms with Crippen molar-refractivity contribution in [3.05, 3.63) is 82.6 Å². The first-order chi connectivity index (χ1) is 14.8. The van der Waals surface area contributed by atoms with Gasteiger partial charge in [0.25, 0.3) is 0 Å². The van der Waals surface area contributed by atoms with Crippen LogP contribution in [0.3, 0.4) is 0 Å². The molecule has 0 bridgehead atoms. The van der Waals surface area contributed by atoms with E-state index in [1.807, 2.05) is 0 Å². The molecule has 0 N–H and O–H groups in total. The molecule has 0 amide bonds. The van der Waals surface area contributed by atoms with E-state index in [9.17, 15) is 0 Å². The summed E-state index contributed by atoms with van der Waals surface area (Å²) in [4.78, 5) is 0.